The van der Waals surface area contributed by atoms with Crippen LogP contribution < -0.4 is 0 Å². The van der Waals surface area contributed by atoms with Gasteiger partial charge in [-0.3, -0.25) is 4.99 Å². The van der Waals surface area contributed by atoms with E-state index < -0.39 is 5.82 Å². The molecule has 0 fully saturated rings. The van der Waals surface area contributed by atoms with Gasteiger partial charge in [0.05, 0.1) is 22.3 Å². The van der Waals surface area contributed by atoms with Crippen LogP contribution in [0.2, 0.25) is 5.02 Å². The van der Waals surface area contributed by atoms with Gasteiger partial charge in [-0.2, -0.15) is 0 Å². The summed E-state index contributed by atoms with van der Waals surface area (Å²) in [6.45, 7) is 1.99. The largest absolute Gasteiger partial charge is 0.256 e. The Labute approximate surface area is 104 Å². The first kappa shape index (κ1) is 11.6. The van der Waals surface area contributed by atoms with Gasteiger partial charge in [0.25, 0.3) is 0 Å². The fraction of sp³-hybridized carbons (Fsp3) is 0.250. The van der Waals surface area contributed by atoms with Crippen molar-refractivity contribution in [3.05, 3.63) is 45.9 Å². The quantitative estimate of drug-likeness (QED) is 0.705. The summed E-state index contributed by atoms with van der Waals surface area (Å²) in [6, 6.07) is 4.73. The Balaban J connectivity index is 2.32. The number of nitrogens with zero attached hydrogens (tertiary/aromatic N) is 1. The molecule has 4 heteroatoms. The number of halogens is 3. The molecule has 84 valence electrons. The standard InChI is InChI=1S/C12H10Cl2FN/c1-7-4-11(16-12(7)6-13)8-2-3-9(14)10(15)5-8/h2-3,5H,4,6H2,1H3. The van der Waals surface area contributed by atoms with Gasteiger partial charge in [-0.05, 0) is 30.2 Å². The van der Waals surface area contributed by atoms with E-state index in [-0.39, 0.29) is 5.02 Å². The highest BCUT2D eigenvalue weighted by molar-refractivity contribution is 6.30. The molecule has 0 amide bonds. The van der Waals surface area contributed by atoms with E-state index in [1.54, 1.807) is 12.1 Å². The summed E-state index contributed by atoms with van der Waals surface area (Å²) in [4.78, 5) is 4.38. The minimum Gasteiger partial charge on any atom is -0.256 e. The maximum atomic E-state index is 13.3. The number of allylic oxidation sites excluding steroid dienone is 2. The van der Waals surface area contributed by atoms with Crippen LogP contribution in [0.25, 0.3) is 0 Å². The first-order chi connectivity index (χ1) is 7.61. The van der Waals surface area contributed by atoms with Crippen LogP contribution in [-0.2, 0) is 0 Å². The zero-order chi connectivity index (χ0) is 11.7. The number of aliphatic imine (C=N–C) groups is 1. The molecule has 1 aliphatic rings. The lowest BCUT2D eigenvalue weighted by Gasteiger charge is -2.02. The van der Waals surface area contributed by atoms with Gasteiger partial charge in [-0.15, -0.1) is 11.6 Å². The van der Waals surface area contributed by atoms with E-state index in [4.69, 9.17) is 23.2 Å². The predicted molar refractivity (Wildman–Crippen MR) is 66.0 cm³/mol. The number of alkyl halides is 1. The average molecular weight is 258 g/mol. The monoisotopic (exact) mass is 257 g/mol. The molecule has 0 aromatic heterocycles. The summed E-state index contributed by atoms with van der Waals surface area (Å²) < 4.78 is 13.3. The Morgan fingerprint density at radius 1 is 1.44 bits per heavy atom. The fourth-order valence-electron chi connectivity index (χ4n) is 1.64. The van der Waals surface area contributed by atoms with Crippen molar-refractivity contribution in [2.75, 3.05) is 5.88 Å². The molecule has 1 aromatic rings. The van der Waals surface area contributed by atoms with Crippen molar-refractivity contribution >= 4 is 28.9 Å². The molecule has 0 unspecified atom stereocenters. The van der Waals surface area contributed by atoms with Crippen LogP contribution in [0.4, 0.5) is 4.39 Å². The number of benzene rings is 1. The van der Waals surface area contributed by atoms with Gasteiger partial charge in [-0.25, -0.2) is 4.39 Å². The van der Waals surface area contributed by atoms with Crippen LogP contribution in [0, 0.1) is 5.82 Å². The normalized spacial score (nSPS) is 15.6. The van der Waals surface area contributed by atoms with Crippen LogP contribution >= 0.6 is 23.2 Å². The number of hydrogen-bond donors (Lipinski definition) is 0. The maximum Gasteiger partial charge on any atom is 0.142 e. The first-order valence-corrected chi connectivity index (χ1v) is 5.80. The third kappa shape index (κ3) is 2.13. The molecule has 0 saturated heterocycles. The van der Waals surface area contributed by atoms with E-state index in [0.717, 1.165) is 29.0 Å². The lowest BCUT2D eigenvalue weighted by atomic mass is 10.1. The Kier molecular flexibility index (Phi) is 3.31. The van der Waals surface area contributed by atoms with Crippen LogP contribution in [0.1, 0.15) is 18.9 Å². The molecule has 0 saturated carbocycles. The molecule has 2 rings (SSSR count). The molecule has 0 aliphatic carbocycles. The van der Waals surface area contributed by atoms with Crippen LogP contribution in [0.5, 0.6) is 0 Å². The van der Waals surface area contributed by atoms with Crippen LogP contribution in [0.3, 0.4) is 0 Å². The van der Waals surface area contributed by atoms with Gasteiger partial charge in [0.15, 0.2) is 0 Å². The molecule has 0 atom stereocenters. The summed E-state index contributed by atoms with van der Waals surface area (Å²) in [5.41, 5.74) is 3.64. The summed E-state index contributed by atoms with van der Waals surface area (Å²) in [7, 11) is 0. The summed E-state index contributed by atoms with van der Waals surface area (Å²) in [6.07, 6.45) is 0.725. The van der Waals surface area contributed by atoms with Crippen LogP contribution in [0.15, 0.2) is 34.5 Å². The molecule has 1 nitrogen and oxygen atoms in total. The van der Waals surface area contributed by atoms with E-state index in [1.807, 2.05) is 6.92 Å². The van der Waals surface area contributed by atoms with Gasteiger partial charge < -0.3 is 0 Å². The minimum absolute atomic E-state index is 0.129. The SMILES string of the molecule is CC1=C(CCl)N=C(c2ccc(Cl)c(F)c2)C1. The van der Waals surface area contributed by atoms with E-state index in [2.05, 4.69) is 4.99 Å². The van der Waals surface area contributed by atoms with Crippen molar-refractivity contribution in [3.8, 4) is 0 Å². The molecule has 1 heterocycles. The topological polar surface area (TPSA) is 12.4 Å². The zero-order valence-corrected chi connectivity index (χ0v) is 10.2. The second-order valence-corrected chi connectivity index (χ2v) is 4.40. The van der Waals surface area contributed by atoms with E-state index in [0.29, 0.717) is 5.88 Å². The Bertz CT molecular complexity index is 492. The number of rotatable bonds is 2. The molecule has 16 heavy (non-hydrogen) atoms. The van der Waals surface area contributed by atoms with Crippen molar-refractivity contribution in [3.63, 3.8) is 0 Å². The highest BCUT2D eigenvalue weighted by atomic mass is 35.5. The van der Waals surface area contributed by atoms with Gasteiger partial charge in [0.1, 0.15) is 5.82 Å². The molecule has 0 spiro atoms. The zero-order valence-electron chi connectivity index (χ0n) is 8.73. The van der Waals surface area contributed by atoms with Gasteiger partial charge in [-0.1, -0.05) is 17.7 Å². The average Bonchev–Trinajstić information content (AvgIpc) is 2.64. The van der Waals surface area contributed by atoms with E-state index >= 15 is 0 Å². The fourth-order valence-corrected chi connectivity index (χ4v) is 2.04. The molecule has 0 bridgehead atoms. The van der Waals surface area contributed by atoms with Gasteiger partial charge in [0.2, 0.25) is 0 Å². The van der Waals surface area contributed by atoms with Gasteiger partial charge >= 0.3 is 0 Å². The third-order valence-electron chi connectivity index (χ3n) is 2.57. The summed E-state index contributed by atoms with van der Waals surface area (Å²) in [5.74, 6) is -0.0235. The third-order valence-corrected chi connectivity index (χ3v) is 3.13. The minimum atomic E-state index is -0.418. The summed E-state index contributed by atoms with van der Waals surface area (Å²) >= 11 is 11.4. The van der Waals surface area contributed by atoms with Crippen molar-refractivity contribution in [1.82, 2.24) is 0 Å². The molecular weight excluding hydrogens is 248 g/mol. The van der Waals surface area contributed by atoms with Crippen molar-refractivity contribution in [1.29, 1.82) is 0 Å². The van der Waals surface area contributed by atoms with Gasteiger partial charge in [0, 0.05) is 6.42 Å². The first-order valence-electron chi connectivity index (χ1n) is 4.89. The van der Waals surface area contributed by atoms with Crippen LogP contribution in [-0.4, -0.2) is 11.6 Å². The highest BCUT2D eigenvalue weighted by Crippen LogP contribution is 2.25. The molecular formula is C12H10Cl2FN. The lowest BCUT2D eigenvalue weighted by molar-refractivity contribution is 0.628. The second kappa shape index (κ2) is 4.56. The maximum absolute atomic E-state index is 13.3. The second-order valence-electron chi connectivity index (χ2n) is 3.72. The Hall–Kier alpha value is -0.860. The molecule has 0 N–H and O–H groups in total. The predicted octanol–water partition coefficient (Wildman–Crippen LogP) is 4.18. The van der Waals surface area contributed by atoms with Crippen molar-refractivity contribution in [2.24, 2.45) is 4.99 Å². The lowest BCUT2D eigenvalue weighted by Crippen LogP contribution is -1.98. The van der Waals surface area contributed by atoms with Crippen molar-refractivity contribution in [2.45, 2.75) is 13.3 Å². The molecule has 1 aliphatic heterocycles. The van der Waals surface area contributed by atoms with E-state index in [1.165, 1.54) is 6.07 Å². The smallest absolute Gasteiger partial charge is 0.142 e. The Morgan fingerprint density at radius 3 is 2.75 bits per heavy atom. The van der Waals surface area contributed by atoms with E-state index in [9.17, 15) is 4.39 Å². The Morgan fingerprint density at radius 2 is 2.19 bits per heavy atom. The highest BCUT2D eigenvalue weighted by Gasteiger charge is 2.16. The summed E-state index contributed by atoms with van der Waals surface area (Å²) in [5, 5.41) is 0.129. The molecule has 1 aromatic carbocycles. The number of hydrogen-bond acceptors (Lipinski definition) is 1. The van der Waals surface area contributed by atoms with Crippen molar-refractivity contribution < 1.29 is 4.39 Å². The molecule has 0 radical (unpaired) electrons.